The first kappa shape index (κ1) is 9.44. The topological polar surface area (TPSA) is 41.5 Å². The highest BCUT2D eigenvalue weighted by Crippen LogP contribution is 2.26. The number of aliphatic hydroxyl groups is 1. The highest BCUT2D eigenvalue weighted by molar-refractivity contribution is 4.90. The Labute approximate surface area is 79.5 Å². The van der Waals surface area contributed by atoms with Crippen LogP contribution in [0.15, 0.2) is 0 Å². The van der Waals surface area contributed by atoms with Crippen LogP contribution in [0.1, 0.15) is 32.1 Å². The number of rotatable bonds is 2. The van der Waals surface area contributed by atoms with E-state index in [9.17, 15) is 5.11 Å². The first-order valence-electron chi connectivity index (χ1n) is 5.33. The van der Waals surface area contributed by atoms with Crippen LogP contribution in [0.25, 0.3) is 0 Å². The number of ether oxygens (including phenoxy) is 1. The monoisotopic (exact) mass is 185 g/mol. The van der Waals surface area contributed by atoms with E-state index in [-0.39, 0.29) is 0 Å². The van der Waals surface area contributed by atoms with Crippen LogP contribution in [0.2, 0.25) is 0 Å². The maximum absolute atomic E-state index is 10.1. The van der Waals surface area contributed by atoms with Gasteiger partial charge in [0.05, 0.1) is 11.7 Å². The lowest BCUT2D eigenvalue weighted by molar-refractivity contribution is -0.0481. The van der Waals surface area contributed by atoms with Gasteiger partial charge < -0.3 is 15.2 Å². The molecule has 2 saturated heterocycles. The van der Waals surface area contributed by atoms with E-state index in [2.05, 4.69) is 5.32 Å². The van der Waals surface area contributed by atoms with Gasteiger partial charge in [0.1, 0.15) is 0 Å². The Morgan fingerprint density at radius 3 is 3.00 bits per heavy atom. The van der Waals surface area contributed by atoms with Gasteiger partial charge in [0.2, 0.25) is 0 Å². The summed E-state index contributed by atoms with van der Waals surface area (Å²) in [7, 11) is 0. The molecule has 2 unspecified atom stereocenters. The van der Waals surface area contributed by atoms with Crippen molar-refractivity contribution < 1.29 is 9.84 Å². The molecule has 0 aromatic rings. The van der Waals surface area contributed by atoms with Crippen molar-refractivity contribution in [3.8, 4) is 0 Å². The lowest BCUT2D eigenvalue weighted by Crippen LogP contribution is -2.37. The zero-order chi connectivity index (χ0) is 9.15. The zero-order valence-electron chi connectivity index (χ0n) is 8.09. The van der Waals surface area contributed by atoms with E-state index < -0.39 is 5.60 Å². The summed E-state index contributed by atoms with van der Waals surface area (Å²) in [6.45, 7) is 2.57. The van der Waals surface area contributed by atoms with Gasteiger partial charge in [0.25, 0.3) is 0 Å². The number of hydrogen-bond donors (Lipinski definition) is 2. The molecule has 76 valence electrons. The molecule has 3 nitrogen and oxygen atoms in total. The SMILES string of the molecule is OC1(CC2CCCCO2)CCNC1. The minimum absolute atomic E-state index is 0.304. The predicted molar refractivity (Wildman–Crippen MR) is 50.6 cm³/mol. The fraction of sp³-hybridized carbons (Fsp3) is 1.00. The van der Waals surface area contributed by atoms with Gasteiger partial charge in [-0.25, -0.2) is 0 Å². The summed E-state index contributed by atoms with van der Waals surface area (Å²) in [5.41, 5.74) is -0.484. The Kier molecular flexibility index (Phi) is 2.86. The van der Waals surface area contributed by atoms with Crippen molar-refractivity contribution in [2.24, 2.45) is 0 Å². The fourth-order valence-corrected chi connectivity index (χ4v) is 2.30. The molecule has 0 saturated carbocycles. The molecule has 0 aromatic carbocycles. The maximum atomic E-state index is 10.1. The summed E-state index contributed by atoms with van der Waals surface area (Å²) in [5, 5.41) is 13.3. The molecule has 2 atom stereocenters. The molecule has 0 aromatic heterocycles. The second kappa shape index (κ2) is 3.95. The fourth-order valence-electron chi connectivity index (χ4n) is 2.30. The van der Waals surface area contributed by atoms with Crippen LogP contribution in [0.3, 0.4) is 0 Å². The smallest absolute Gasteiger partial charge is 0.0808 e. The average Bonchev–Trinajstić information content (AvgIpc) is 2.54. The molecule has 0 amide bonds. The largest absolute Gasteiger partial charge is 0.388 e. The third kappa shape index (κ3) is 2.42. The highest BCUT2D eigenvalue weighted by Gasteiger charge is 2.34. The molecule has 2 aliphatic rings. The molecule has 0 bridgehead atoms. The Bertz CT molecular complexity index is 160. The Morgan fingerprint density at radius 2 is 2.38 bits per heavy atom. The predicted octanol–water partition coefficient (Wildman–Crippen LogP) is 0.670. The molecule has 2 rings (SSSR count). The van der Waals surface area contributed by atoms with Crippen LogP contribution < -0.4 is 5.32 Å². The van der Waals surface area contributed by atoms with Gasteiger partial charge >= 0.3 is 0 Å². The summed E-state index contributed by atoms with van der Waals surface area (Å²) in [6.07, 6.45) is 5.58. The van der Waals surface area contributed by atoms with Crippen LogP contribution in [0.5, 0.6) is 0 Å². The van der Waals surface area contributed by atoms with Crippen molar-refractivity contribution in [1.82, 2.24) is 5.32 Å². The van der Waals surface area contributed by atoms with Gasteiger partial charge in [-0.15, -0.1) is 0 Å². The van der Waals surface area contributed by atoms with Gasteiger partial charge in [0, 0.05) is 19.6 Å². The van der Waals surface area contributed by atoms with E-state index in [1.165, 1.54) is 12.8 Å². The molecule has 2 fully saturated rings. The van der Waals surface area contributed by atoms with Crippen LogP contribution >= 0.6 is 0 Å². The van der Waals surface area contributed by atoms with Gasteiger partial charge in [-0.05, 0) is 32.2 Å². The lowest BCUT2D eigenvalue weighted by Gasteiger charge is -2.29. The van der Waals surface area contributed by atoms with E-state index in [1.54, 1.807) is 0 Å². The summed E-state index contributed by atoms with van der Waals surface area (Å²) >= 11 is 0. The molecule has 3 heteroatoms. The number of nitrogens with one attached hydrogen (secondary N) is 1. The Morgan fingerprint density at radius 1 is 1.46 bits per heavy atom. The number of β-amino-alcohol motifs (C(OH)–C–C–N with tert-alkyl or cyclic N) is 1. The third-order valence-electron chi connectivity index (χ3n) is 3.10. The molecule has 2 N–H and O–H groups in total. The minimum Gasteiger partial charge on any atom is -0.388 e. The van der Waals surface area contributed by atoms with Crippen molar-refractivity contribution >= 4 is 0 Å². The van der Waals surface area contributed by atoms with E-state index in [0.717, 1.165) is 39.0 Å². The quantitative estimate of drug-likeness (QED) is 0.664. The maximum Gasteiger partial charge on any atom is 0.0808 e. The van der Waals surface area contributed by atoms with Crippen LogP contribution in [-0.4, -0.2) is 36.5 Å². The van der Waals surface area contributed by atoms with E-state index >= 15 is 0 Å². The second-order valence-corrected chi connectivity index (χ2v) is 4.34. The molecule has 13 heavy (non-hydrogen) atoms. The molecular weight excluding hydrogens is 166 g/mol. The lowest BCUT2D eigenvalue weighted by atomic mass is 9.92. The van der Waals surface area contributed by atoms with Gasteiger partial charge in [-0.3, -0.25) is 0 Å². The standard InChI is InChI=1S/C10H19NO2/c12-10(4-5-11-8-10)7-9-3-1-2-6-13-9/h9,11-12H,1-8H2. The first-order chi connectivity index (χ1) is 6.29. The Balaban J connectivity index is 1.81. The van der Waals surface area contributed by atoms with E-state index in [1.807, 2.05) is 0 Å². The Hall–Kier alpha value is -0.120. The molecule has 2 aliphatic heterocycles. The van der Waals surface area contributed by atoms with Crippen LogP contribution in [-0.2, 0) is 4.74 Å². The minimum atomic E-state index is -0.484. The molecular formula is C10H19NO2. The normalized spacial score (nSPS) is 40.8. The molecule has 0 radical (unpaired) electrons. The highest BCUT2D eigenvalue weighted by atomic mass is 16.5. The third-order valence-corrected chi connectivity index (χ3v) is 3.10. The van der Waals surface area contributed by atoms with Crippen molar-refractivity contribution in [1.29, 1.82) is 0 Å². The van der Waals surface area contributed by atoms with Crippen molar-refractivity contribution in [3.63, 3.8) is 0 Å². The zero-order valence-corrected chi connectivity index (χ0v) is 8.09. The van der Waals surface area contributed by atoms with Crippen molar-refractivity contribution in [2.45, 2.75) is 43.8 Å². The van der Waals surface area contributed by atoms with Gasteiger partial charge in [0.15, 0.2) is 0 Å². The number of hydrogen-bond acceptors (Lipinski definition) is 3. The van der Waals surface area contributed by atoms with Gasteiger partial charge in [-0.2, -0.15) is 0 Å². The van der Waals surface area contributed by atoms with E-state index in [4.69, 9.17) is 4.74 Å². The summed E-state index contributed by atoms with van der Waals surface area (Å²) in [6, 6.07) is 0. The summed E-state index contributed by atoms with van der Waals surface area (Å²) in [5.74, 6) is 0. The van der Waals surface area contributed by atoms with E-state index in [0.29, 0.717) is 6.10 Å². The molecule has 0 spiro atoms. The average molecular weight is 185 g/mol. The van der Waals surface area contributed by atoms with Gasteiger partial charge in [-0.1, -0.05) is 0 Å². The summed E-state index contributed by atoms with van der Waals surface area (Å²) in [4.78, 5) is 0. The molecule has 2 heterocycles. The second-order valence-electron chi connectivity index (χ2n) is 4.34. The first-order valence-corrected chi connectivity index (χ1v) is 5.33. The van der Waals surface area contributed by atoms with Crippen molar-refractivity contribution in [3.05, 3.63) is 0 Å². The summed E-state index contributed by atoms with van der Waals surface area (Å²) < 4.78 is 5.62. The van der Waals surface area contributed by atoms with Crippen LogP contribution in [0.4, 0.5) is 0 Å². The molecule has 0 aliphatic carbocycles. The van der Waals surface area contributed by atoms with Crippen LogP contribution in [0, 0.1) is 0 Å². The van der Waals surface area contributed by atoms with Crippen molar-refractivity contribution in [2.75, 3.05) is 19.7 Å².